The van der Waals surface area contributed by atoms with Gasteiger partial charge in [-0.2, -0.15) is 5.10 Å². The number of aromatic nitrogens is 1. The number of benzene rings is 2. The van der Waals surface area contributed by atoms with Crippen molar-refractivity contribution in [3.8, 4) is 11.3 Å². The molecule has 1 aliphatic heterocycles. The Morgan fingerprint density at radius 2 is 1.81 bits per heavy atom. The maximum Gasteiger partial charge on any atom is 0.203 e. The van der Waals surface area contributed by atoms with Crippen LogP contribution in [0.5, 0.6) is 0 Å². The van der Waals surface area contributed by atoms with Crippen molar-refractivity contribution in [2.24, 2.45) is 5.10 Å². The molecule has 0 unspecified atom stereocenters. The van der Waals surface area contributed by atoms with Gasteiger partial charge in [-0.3, -0.25) is 5.43 Å². The molecular weight excluding hydrogens is 344 g/mol. The summed E-state index contributed by atoms with van der Waals surface area (Å²) in [5, 5.41) is 7.11. The number of nitrogens with zero attached hydrogens (tertiary/aromatic N) is 3. The Morgan fingerprint density at radius 1 is 1.04 bits per heavy atom. The second-order valence-corrected chi connectivity index (χ2v) is 6.82. The van der Waals surface area contributed by atoms with Crippen LogP contribution in [-0.4, -0.2) is 37.5 Å². The van der Waals surface area contributed by atoms with Crippen LogP contribution < -0.4 is 10.3 Å². The van der Waals surface area contributed by atoms with Gasteiger partial charge >= 0.3 is 0 Å². The first kappa shape index (κ1) is 16.8. The van der Waals surface area contributed by atoms with Gasteiger partial charge in [-0.15, -0.1) is 11.3 Å². The molecule has 6 heteroatoms. The van der Waals surface area contributed by atoms with Gasteiger partial charge in [-0.1, -0.05) is 42.5 Å². The zero-order valence-corrected chi connectivity index (χ0v) is 15.2. The maximum absolute atomic E-state index is 5.39. The van der Waals surface area contributed by atoms with Crippen LogP contribution in [0, 0.1) is 0 Å². The molecule has 1 saturated heterocycles. The van der Waals surface area contributed by atoms with Crippen LogP contribution in [-0.2, 0) is 4.74 Å². The molecular formula is C20H20N4OS. The smallest absolute Gasteiger partial charge is 0.203 e. The molecule has 2 aromatic carbocycles. The van der Waals surface area contributed by atoms with Gasteiger partial charge in [-0.25, -0.2) is 4.98 Å². The van der Waals surface area contributed by atoms with E-state index in [-0.39, 0.29) is 0 Å². The summed E-state index contributed by atoms with van der Waals surface area (Å²) in [5.74, 6) is 0. The summed E-state index contributed by atoms with van der Waals surface area (Å²) in [7, 11) is 0. The zero-order valence-electron chi connectivity index (χ0n) is 14.3. The average molecular weight is 364 g/mol. The summed E-state index contributed by atoms with van der Waals surface area (Å²) >= 11 is 1.55. The third-order valence-electron chi connectivity index (χ3n) is 4.22. The van der Waals surface area contributed by atoms with Gasteiger partial charge in [0.15, 0.2) is 0 Å². The molecule has 1 aromatic heterocycles. The molecule has 2 heterocycles. The lowest BCUT2D eigenvalue weighted by Crippen LogP contribution is -2.36. The molecule has 1 fully saturated rings. The van der Waals surface area contributed by atoms with Crippen LogP contribution in [0.15, 0.2) is 65.1 Å². The number of anilines is 2. The highest BCUT2D eigenvalue weighted by Crippen LogP contribution is 2.24. The Labute approximate surface area is 157 Å². The van der Waals surface area contributed by atoms with E-state index in [1.165, 1.54) is 5.69 Å². The van der Waals surface area contributed by atoms with Crippen molar-refractivity contribution in [3.63, 3.8) is 0 Å². The minimum Gasteiger partial charge on any atom is -0.378 e. The standard InChI is InChI=1S/C20H20N4OS/c1-2-4-17(5-3-1)19-15-26-20(22-19)23-21-14-16-6-8-18(9-7-16)24-10-12-25-13-11-24/h1-9,14-15H,10-13H2,(H,22,23)/b21-14+. The highest BCUT2D eigenvalue weighted by molar-refractivity contribution is 7.14. The molecule has 0 spiro atoms. The number of ether oxygens (including phenoxy) is 1. The number of hydrogen-bond donors (Lipinski definition) is 1. The highest BCUT2D eigenvalue weighted by Gasteiger charge is 2.10. The molecule has 1 aliphatic rings. The lowest BCUT2D eigenvalue weighted by molar-refractivity contribution is 0.122. The quantitative estimate of drug-likeness (QED) is 0.547. The van der Waals surface area contributed by atoms with Crippen LogP contribution in [0.4, 0.5) is 10.8 Å². The second kappa shape index (κ2) is 8.12. The van der Waals surface area contributed by atoms with Crippen LogP contribution in [0.2, 0.25) is 0 Å². The number of rotatable bonds is 5. The van der Waals surface area contributed by atoms with Crippen molar-refractivity contribution in [3.05, 3.63) is 65.5 Å². The van der Waals surface area contributed by atoms with Gasteiger partial charge in [-0.05, 0) is 17.7 Å². The number of thiazole rings is 1. The molecule has 0 amide bonds. The van der Waals surface area contributed by atoms with Crippen molar-refractivity contribution in [1.82, 2.24) is 4.98 Å². The van der Waals surface area contributed by atoms with Crippen molar-refractivity contribution in [2.45, 2.75) is 0 Å². The van der Waals surface area contributed by atoms with E-state index in [4.69, 9.17) is 4.74 Å². The zero-order chi connectivity index (χ0) is 17.6. The monoisotopic (exact) mass is 364 g/mol. The minimum absolute atomic E-state index is 0.782. The van der Waals surface area contributed by atoms with Gasteiger partial charge in [0, 0.05) is 29.7 Å². The van der Waals surface area contributed by atoms with Gasteiger partial charge in [0.2, 0.25) is 5.13 Å². The van der Waals surface area contributed by atoms with E-state index < -0.39 is 0 Å². The van der Waals surface area contributed by atoms with E-state index in [9.17, 15) is 0 Å². The lowest BCUT2D eigenvalue weighted by Gasteiger charge is -2.28. The largest absolute Gasteiger partial charge is 0.378 e. The minimum atomic E-state index is 0.782. The third kappa shape index (κ3) is 4.09. The van der Waals surface area contributed by atoms with E-state index in [2.05, 4.69) is 56.8 Å². The third-order valence-corrected chi connectivity index (χ3v) is 4.96. The second-order valence-electron chi connectivity index (χ2n) is 5.96. The van der Waals surface area contributed by atoms with Crippen LogP contribution >= 0.6 is 11.3 Å². The summed E-state index contributed by atoms with van der Waals surface area (Å²) in [4.78, 5) is 6.90. The molecule has 0 atom stereocenters. The Balaban J connectivity index is 1.36. The first-order valence-corrected chi connectivity index (χ1v) is 9.49. The van der Waals surface area contributed by atoms with Gasteiger partial charge in [0.25, 0.3) is 0 Å². The van der Waals surface area contributed by atoms with Gasteiger partial charge in [0.1, 0.15) is 0 Å². The first-order valence-electron chi connectivity index (χ1n) is 8.61. The molecule has 132 valence electrons. The molecule has 4 rings (SSSR count). The van der Waals surface area contributed by atoms with E-state index >= 15 is 0 Å². The maximum atomic E-state index is 5.39. The van der Waals surface area contributed by atoms with E-state index in [1.807, 2.05) is 29.8 Å². The summed E-state index contributed by atoms with van der Waals surface area (Å²) in [6, 6.07) is 18.6. The number of hydrogen-bond acceptors (Lipinski definition) is 6. The van der Waals surface area contributed by atoms with Gasteiger partial charge < -0.3 is 9.64 Å². The topological polar surface area (TPSA) is 49.8 Å². The van der Waals surface area contributed by atoms with Crippen LogP contribution in [0.3, 0.4) is 0 Å². The molecule has 0 bridgehead atoms. The van der Waals surface area contributed by atoms with Crippen molar-refractivity contribution >= 4 is 28.4 Å². The summed E-state index contributed by atoms with van der Waals surface area (Å²) in [5.41, 5.74) is 7.36. The summed E-state index contributed by atoms with van der Waals surface area (Å²) in [6.45, 7) is 3.49. The number of morpholine rings is 1. The fourth-order valence-corrected chi connectivity index (χ4v) is 3.49. The molecule has 26 heavy (non-hydrogen) atoms. The van der Waals surface area contributed by atoms with E-state index in [0.717, 1.165) is 48.3 Å². The first-order chi connectivity index (χ1) is 12.9. The van der Waals surface area contributed by atoms with E-state index in [1.54, 1.807) is 11.3 Å². The molecule has 5 nitrogen and oxygen atoms in total. The predicted molar refractivity (Wildman–Crippen MR) is 108 cm³/mol. The van der Waals surface area contributed by atoms with Gasteiger partial charge in [0.05, 0.1) is 25.1 Å². The molecule has 0 saturated carbocycles. The van der Waals surface area contributed by atoms with Crippen molar-refractivity contribution in [2.75, 3.05) is 36.6 Å². The molecule has 0 radical (unpaired) electrons. The SMILES string of the molecule is C(=N\Nc1nc(-c2ccccc2)cs1)/c1ccc(N2CCOCC2)cc1. The normalized spacial score (nSPS) is 14.7. The Kier molecular flexibility index (Phi) is 5.23. The molecule has 0 aliphatic carbocycles. The summed E-state index contributed by atoms with van der Waals surface area (Å²) in [6.07, 6.45) is 1.81. The Bertz CT molecular complexity index is 855. The van der Waals surface area contributed by atoms with Crippen LogP contribution in [0.1, 0.15) is 5.56 Å². The number of hydrazone groups is 1. The fourth-order valence-electron chi connectivity index (χ4n) is 2.82. The number of nitrogens with one attached hydrogen (secondary N) is 1. The molecule has 3 aromatic rings. The molecule has 1 N–H and O–H groups in total. The lowest BCUT2D eigenvalue weighted by atomic mass is 10.2. The highest BCUT2D eigenvalue weighted by atomic mass is 32.1. The van der Waals surface area contributed by atoms with Crippen molar-refractivity contribution < 1.29 is 4.74 Å². The van der Waals surface area contributed by atoms with E-state index in [0.29, 0.717) is 0 Å². The van der Waals surface area contributed by atoms with Crippen molar-refractivity contribution in [1.29, 1.82) is 0 Å². The predicted octanol–water partition coefficient (Wildman–Crippen LogP) is 4.09. The average Bonchev–Trinajstić information content (AvgIpc) is 3.19. The summed E-state index contributed by atoms with van der Waals surface area (Å²) < 4.78 is 5.39. The Hall–Kier alpha value is -2.70. The van der Waals surface area contributed by atoms with Crippen LogP contribution in [0.25, 0.3) is 11.3 Å². The fraction of sp³-hybridized carbons (Fsp3) is 0.200. The Morgan fingerprint density at radius 3 is 2.58 bits per heavy atom.